The Morgan fingerprint density at radius 1 is 1.35 bits per heavy atom. The molecule has 1 aliphatic heterocycles. The summed E-state index contributed by atoms with van der Waals surface area (Å²) in [5.74, 6) is 0.717. The quantitative estimate of drug-likeness (QED) is 0.344. The third kappa shape index (κ3) is 5.48. The summed E-state index contributed by atoms with van der Waals surface area (Å²) in [6.07, 6.45) is 3.97. The van der Waals surface area contributed by atoms with Gasteiger partial charge in [-0.1, -0.05) is 13.8 Å². The van der Waals surface area contributed by atoms with Gasteiger partial charge in [0.25, 0.3) is 0 Å². The van der Waals surface area contributed by atoms with Crippen LogP contribution in [0.4, 0.5) is 0 Å². The molecule has 1 rings (SSSR count). The SMILES string of the molecule is CC[Si](OC)(OC)OCCCC(C)CC1CO1. The van der Waals surface area contributed by atoms with Crippen LogP contribution in [0.25, 0.3) is 0 Å². The summed E-state index contributed by atoms with van der Waals surface area (Å²) in [4.78, 5) is 0. The Hall–Kier alpha value is 0.0569. The highest BCUT2D eigenvalue weighted by Gasteiger charge is 2.36. The van der Waals surface area contributed by atoms with Crippen LogP contribution in [0.2, 0.25) is 6.04 Å². The van der Waals surface area contributed by atoms with E-state index in [9.17, 15) is 0 Å². The Morgan fingerprint density at radius 2 is 2.00 bits per heavy atom. The average Bonchev–Trinajstić information content (AvgIpc) is 3.14. The van der Waals surface area contributed by atoms with Crippen molar-refractivity contribution in [2.45, 2.75) is 45.3 Å². The molecule has 2 unspecified atom stereocenters. The molecule has 0 saturated carbocycles. The van der Waals surface area contributed by atoms with Gasteiger partial charge in [-0.3, -0.25) is 0 Å². The van der Waals surface area contributed by atoms with Crippen molar-refractivity contribution in [3.8, 4) is 0 Å². The van der Waals surface area contributed by atoms with E-state index >= 15 is 0 Å². The normalized spacial score (nSPS) is 21.5. The molecule has 1 saturated heterocycles. The number of hydrogen-bond acceptors (Lipinski definition) is 4. The van der Waals surface area contributed by atoms with Crippen LogP contribution in [0.3, 0.4) is 0 Å². The third-order valence-electron chi connectivity index (χ3n) is 3.29. The molecule has 102 valence electrons. The molecule has 0 aromatic rings. The van der Waals surface area contributed by atoms with Gasteiger partial charge >= 0.3 is 8.80 Å². The molecule has 1 fully saturated rings. The Labute approximate surface area is 106 Å². The van der Waals surface area contributed by atoms with Crippen molar-refractivity contribution in [2.75, 3.05) is 27.4 Å². The molecule has 0 bridgehead atoms. The molecule has 2 atom stereocenters. The van der Waals surface area contributed by atoms with Crippen molar-refractivity contribution in [3.63, 3.8) is 0 Å². The predicted molar refractivity (Wildman–Crippen MR) is 69.0 cm³/mol. The smallest absolute Gasteiger partial charge is 0.377 e. The van der Waals surface area contributed by atoms with Gasteiger partial charge in [-0.05, 0) is 25.2 Å². The summed E-state index contributed by atoms with van der Waals surface area (Å²) in [6, 6.07) is 0.825. The van der Waals surface area contributed by atoms with Crippen molar-refractivity contribution in [1.29, 1.82) is 0 Å². The molecule has 0 N–H and O–H groups in total. The van der Waals surface area contributed by atoms with Crippen molar-refractivity contribution in [1.82, 2.24) is 0 Å². The van der Waals surface area contributed by atoms with Gasteiger partial charge in [0.1, 0.15) is 0 Å². The van der Waals surface area contributed by atoms with E-state index in [4.69, 9.17) is 18.0 Å². The second kappa shape index (κ2) is 7.48. The lowest BCUT2D eigenvalue weighted by molar-refractivity contribution is 0.0963. The van der Waals surface area contributed by atoms with Crippen LogP contribution in [-0.2, 0) is 18.0 Å². The molecule has 17 heavy (non-hydrogen) atoms. The van der Waals surface area contributed by atoms with Crippen LogP contribution in [0.15, 0.2) is 0 Å². The zero-order valence-electron chi connectivity index (χ0n) is 11.5. The Kier molecular flexibility index (Phi) is 6.65. The third-order valence-corrected chi connectivity index (χ3v) is 6.04. The van der Waals surface area contributed by atoms with Gasteiger partial charge in [-0.15, -0.1) is 0 Å². The Bertz CT molecular complexity index is 196. The topological polar surface area (TPSA) is 40.2 Å². The summed E-state index contributed by atoms with van der Waals surface area (Å²) in [5, 5.41) is 0. The molecule has 0 amide bonds. The van der Waals surface area contributed by atoms with Gasteiger partial charge in [0, 0.05) is 26.9 Å². The van der Waals surface area contributed by atoms with Crippen molar-refractivity contribution in [3.05, 3.63) is 0 Å². The van der Waals surface area contributed by atoms with E-state index in [-0.39, 0.29) is 0 Å². The second-order valence-corrected chi connectivity index (χ2v) is 7.91. The van der Waals surface area contributed by atoms with E-state index in [0.29, 0.717) is 12.0 Å². The van der Waals surface area contributed by atoms with Crippen LogP contribution >= 0.6 is 0 Å². The van der Waals surface area contributed by atoms with Gasteiger partial charge in [0.2, 0.25) is 0 Å². The minimum Gasteiger partial charge on any atom is -0.377 e. The van der Waals surface area contributed by atoms with E-state index in [1.54, 1.807) is 14.2 Å². The lowest BCUT2D eigenvalue weighted by atomic mass is 10.0. The average molecular weight is 262 g/mol. The highest BCUT2D eigenvalue weighted by atomic mass is 28.4. The molecule has 1 aliphatic rings. The van der Waals surface area contributed by atoms with E-state index in [1.165, 1.54) is 12.8 Å². The molecular weight excluding hydrogens is 236 g/mol. The monoisotopic (exact) mass is 262 g/mol. The highest BCUT2D eigenvalue weighted by molar-refractivity contribution is 6.60. The molecule has 0 radical (unpaired) electrons. The maximum absolute atomic E-state index is 5.81. The lowest BCUT2D eigenvalue weighted by Crippen LogP contribution is -2.43. The van der Waals surface area contributed by atoms with E-state index in [1.807, 2.05) is 6.92 Å². The summed E-state index contributed by atoms with van der Waals surface area (Å²) >= 11 is 0. The minimum absolute atomic E-state index is 0.535. The molecule has 5 heteroatoms. The van der Waals surface area contributed by atoms with E-state index in [0.717, 1.165) is 25.7 Å². The summed E-state index contributed by atoms with van der Waals surface area (Å²) in [5.41, 5.74) is 0. The van der Waals surface area contributed by atoms with Crippen molar-refractivity contribution in [2.24, 2.45) is 5.92 Å². The first-order valence-electron chi connectivity index (χ1n) is 6.51. The minimum atomic E-state index is -2.33. The van der Waals surface area contributed by atoms with Gasteiger partial charge in [-0.25, -0.2) is 0 Å². The van der Waals surface area contributed by atoms with Crippen LogP contribution in [-0.4, -0.2) is 42.3 Å². The molecule has 4 nitrogen and oxygen atoms in total. The fraction of sp³-hybridized carbons (Fsp3) is 1.00. The molecule has 0 spiro atoms. The Balaban J connectivity index is 2.08. The van der Waals surface area contributed by atoms with Gasteiger partial charge in [-0.2, -0.15) is 0 Å². The van der Waals surface area contributed by atoms with Crippen molar-refractivity contribution >= 4 is 8.80 Å². The molecular formula is C12H26O4Si. The molecule has 1 heterocycles. The first kappa shape index (κ1) is 15.1. The zero-order valence-corrected chi connectivity index (χ0v) is 12.5. The maximum atomic E-state index is 5.81. The summed E-state index contributed by atoms with van der Waals surface area (Å²) < 4.78 is 21.8. The largest absolute Gasteiger partial charge is 0.500 e. The van der Waals surface area contributed by atoms with Gasteiger partial charge in [0.05, 0.1) is 12.7 Å². The fourth-order valence-electron chi connectivity index (χ4n) is 2.02. The second-order valence-electron chi connectivity index (χ2n) is 4.73. The molecule has 0 aromatic heterocycles. The van der Waals surface area contributed by atoms with Crippen LogP contribution in [0.1, 0.15) is 33.1 Å². The summed E-state index contributed by atoms with van der Waals surface area (Å²) in [6.45, 7) is 6.02. The van der Waals surface area contributed by atoms with Gasteiger partial charge < -0.3 is 18.0 Å². The standard InChI is InChI=1S/C12H26O4Si/c1-5-17(13-3,14-4)16-8-6-7-11(2)9-12-10-15-12/h11-12H,5-10H2,1-4H3. The van der Waals surface area contributed by atoms with Crippen LogP contribution in [0.5, 0.6) is 0 Å². The maximum Gasteiger partial charge on any atom is 0.500 e. The first-order valence-corrected chi connectivity index (χ1v) is 8.44. The fourth-order valence-corrected chi connectivity index (χ4v) is 3.66. The zero-order chi connectivity index (χ0) is 12.7. The number of epoxide rings is 1. The number of hydrogen-bond donors (Lipinski definition) is 0. The number of ether oxygens (including phenoxy) is 1. The highest BCUT2D eigenvalue weighted by Crippen LogP contribution is 2.22. The van der Waals surface area contributed by atoms with Crippen LogP contribution < -0.4 is 0 Å². The predicted octanol–water partition coefficient (Wildman–Crippen LogP) is 2.46. The first-order chi connectivity index (χ1) is 8.15. The summed E-state index contributed by atoms with van der Waals surface area (Å²) in [7, 11) is 1.01. The van der Waals surface area contributed by atoms with E-state index < -0.39 is 8.80 Å². The number of rotatable bonds is 10. The van der Waals surface area contributed by atoms with Gasteiger partial charge in [0.15, 0.2) is 0 Å². The Morgan fingerprint density at radius 3 is 2.47 bits per heavy atom. The molecule has 0 aliphatic carbocycles. The van der Waals surface area contributed by atoms with Crippen molar-refractivity contribution < 1.29 is 18.0 Å². The van der Waals surface area contributed by atoms with Crippen LogP contribution in [0, 0.1) is 5.92 Å². The molecule has 0 aromatic carbocycles. The lowest BCUT2D eigenvalue weighted by Gasteiger charge is -2.25. The van der Waals surface area contributed by atoms with E-state index in [2.05, 4.69) is 6.92 Å².